The Morgan fingerprint density at radius 2 is 1.76 bits per heavy atom. The Labute approximate surface area is 225 Å². The number of aliphatic hydroxyl groups excluding tert-OH is 1. The number of hydrogen-bond acceptors (Lipinski definition) is 4. The molecule has 1 aliphatic heterocycles. The van der Waals surface area contributed by atoms with Gasteiger partial charge in [0.05, 0.1) is 12.1 Å². The van der Waals surface area contributed by atoms with E-state index in [2.05, 4.69) is 55.7 Å². The number of carbonyl (C=O) groups is 2. The van der Waals surface area contributed by atoms with Crippen LogP contribution in [0, 0.1) is 5.92 Å². The van der Waals surface area contributed by atoms with E-state index in [1.165, 1.54) is 30.4 Å². The van der Waals surface area contributed by atoms with Crippen molar-refractivity contribution >= 4 is 11.8 Å². The van der Waals surface area contributed by atoms with Gasteiger partial charge >= 0.3 is 0 Å². The highest BCUT2D eigenvalue weighted by Gasteiger charge is 2.44. The Hall–Kier alpha value is -1.92. The van der Waals surface area contributed by atoms with Crippen LogP contribution in [0.2, 0.25) is 0 Å². The summed E-state index contributed by atoms with van der Waals surface area (Å²) in [5.74, 6) is 0.703. The second-order valence-corrected chi connectivity index (χ2v) is 12.1. The molecule has 0 radical (unpaired) electrons. The molecule has 2 aliphatic rings. The van der Waals surface area contributed by atoms with E-state index in [1.54, 1.807) is 18.9 Å². The molecule has 0 bridgehead atoms. The van der Waals surface area contributed by atoms with Crippen LogP contribution in [0.5, 0.6) is 0 Å². The number of amides is 2. The Balaban J connectivity index is 1.68. The van der Waals surface area contributed by atoms with E-state index >= 15 is 0 Å². The van der Waals surface area contributed by atoms with Gasteiger partial charge < -0.3 is 20.6 Å². The second kappa shape index (κ2) is 13.7. The molecule has 1 aromatic carbocycles. The molecule has 3 N–H and O–H groups in total. The van der Waals surface area contributed by atoms with E-state index in [-0.39, 0.29) is 23.4 Å². The maximum absolute atomic E-state index is 13.2. The molecule has 0 unspecified atom stereocenters. The first-order valence-electron chi connectivity index (χ1n) is 14.7. The zero-order valence-corrected chi connectivity index (χ0v) is 23.9. The molecule has 1 heterocycles. The van der Waals surface area contributed by atoms with Crippen molar-refractivity contribution in [2.45, 2.75) is 128 Å². The van der Waals surface area contributed by atoms with Crippen molar-refractivity contribution in [2.24, 2.45) is 5.92 Å². The molecule has 1 saturated carbocycles. The highest BCUT2D eigenvalue weighted by Crippen LogP contribution is 2.46. The van der Waals surface area contributed by atoms with Gasteiger partial charge in [-0.3, -0.25) is 9.59 Å². The first-order valence-corrected chi connectivity index (χ1v) is 14.7. The maximum atomic E-state index is 13.2. The van der Waals surface area contributed by atoms with Gasteiger partial charge in [0.15, 0.2) is 0 Å². The van der Waals surface area contributed by atoms with Gasteiger partial charge in [0, 0.05) is 25.6 Å². The second-order valence-electron chi connectivity index (χ2n) is 12.1. The summed E-state index contributed by atoms with van der Waals surface area (Å²) in [7, 11) is 1.72. The average molecular weight is 514 g/mol. The van der Waals surface area contributed by atoms with Gasteiger partial charge in [-0.05, 0) is 55.6 Å². The lowest BCUT2D eigenvalue weighted by molar-refractivity contribution is -0.139. The largest absolute Gasteiger partial charge is 0.390 e. The van der Waals surface area contributed by atoms with Crippen molar-refractivity contribution in [3.8, 4) is 0 Å². The molecule has 1 aliphatic carbocycles. The molecule has 37 heavy (non-hydrogen) atoms. The summed E-state index contributed by atoms with van der Waals surface area (Å²) in [6.45, 7) is 8.85. The van der Waals surface area contributed by atoms with Crippen LogP contribution in [0.4, 0.5) is 0 Å². The Kier molecular flexibility index (Phi) is 11.0. The van der Waals surface area contributed by atoms with Crippen molar-refractivity contribution in [2.75, 3.05) is 13.6 Å². The molecule has 208 valence electrons. The summed E-state index contributed by atoms with van der Waals surface area (Å²) in [6.07, 6.45) is 10.4. The highest BCUT2D eigenvalue weighted by molar-refractivity contribution is 5.87. The number of nitrogens with one attached hydrogen (secondary N) is 2. The fraction of sp³-hybridized carbons (Fsp3) is 0.742. The quantitative estimate of drug-likeness (QED) is 0.486. The van der Waals surface area contributed by atoms with Crippen LogP contribution in [0.3, 0.4) is 0 Å². The summed E-state index contributed by atoms with van der Waals surface area (Å²) in [5, 5.41) is 18.1. The predicted octanol–water partition coefficient (Wildman–Crippen LogP) is 5.24. The molecule has 0 aromatic heterocycles. The van der Waals surface area contributed by atoms with Gasteiger partial charge in [0.25, 0.3) is 0 Å². The lowest BCUT2D eigenvalue weighted by Crippen LogP contribution is -2.54. The molecule has 3 rings (SSSR count). The minimum Gasteiger partial charge on any atom is -0.390 e. The van der Waals surface area contributed by atoms with Crippen molar-refractivity contribution in [3.05, 3.63) is 35.4 Å². The summed E-state index contributed by atoms with van der Waals surface area (Å²) in [6, 6.07) is 7.87. The number of aliphatic hydroxyl groups is 1. The molecule has 4 atom stereocenters. The Bertz CT molecular complexity index is 882. The number of likely N-dealkylation sites (N-methyl/N-ethyl adjacent to an activating group) is 1. The lowest BCUT2D eigenvalue weighted by Gasteiger charge is -2.32. The van der Waals surface area contributed by atoms with Crippen LogP contribution < -0.4 is 10.6 Å². The first kappa shape index (κ1) is 29.6. The van der Waals surface area contributed by atoms with Gasteiger partial charge in [-0.1, -0.05) is 83.6 Å². The average Bonchev–Trinajstić information content (AvgIpc) is 3.68. The zero-order valence-electron chi connectivity index (χ0n) is 23.9. The summed E-state index contributed by atoms with van der Waals surface area (Å²) in [4.78, 5) is 27.4. The minimum atomic E-state index is -0.704. The first-order chi connectivity index (χ1) is 17.6. The number of carbonyl (C=O) groups excluding carboxylic acids is 2. The Morgan fingerprint density at radius 3 is 2.43 bits per heavy atom. The van der Waals surface area contributed by atoms with Crippen molar-refractivity contribution in [3.63, 3.8) is 0 Å². The van der Waals surface area contributed by atoms with Crippen LogP contribution in [-0.4, -0.2) is 53.6 Å². The number of nitrogens with zero attached hydrogens (tertiary/aromatic N) is 1. The molecular weight excluding hydrogens is 462 g/mol. The van der Waals surface area contributed by atoms with Crippen LogP contribution in [-0.2, 0) is 15.1 Å². The highest BCUT2D eigenvalue weighted by atomic mass is 16.3. The SMILES string of the molecule is CC(C)c1cccc(C2(NC[C@@H](O)[C@@H]3C[C@H](C)CCCCCCCCC(=O)N(C)[C@H](C)C(=O)N3)CC2)c1. The monoisotopic (exact) mass is 513 g/mol. The fourth-order valence-corrected chi connectivity index (χ4v) is 5.54. The van der Waals surface area contributed by atoms with Gasteiger partial charge in [-0.15, -0.1) is 0 Å². The normalized spacial score (nSPS) is 27.1. The molecule has 1 aromatic rings. The van der Waals surface area contributed by atoms with Gasteiger partial charge in [0.2, 0.25) is 11.8 Å². The molecule has 6 heteroatoms. The topological polar surface area (TPSA) is 81.7 Å². The van der Waals surface area contributed by atoms with E-state index in [0.29, 0.717) is 24.8 Å². The molecule has 2 amide bonds. The van der Waals surface area contributed by atoms with Crippen LogP contribution in [0.25, 0.3) is 0 Å². The van der Waals surface area contributed by atoms with E-state index in [9.17, 15) is 14.7 Å². The molecular formula is C31H51N3O3. The molecule has 0 spiro atoms. The third kappa shape index (κ3) is 8.54. The number of benzene rings is 1. The van der Waals surface area contributed by atoms with Crippen LogP contribution in [0.1, 0.15) is 115 Å². The number of rotatable bonds is 6. The Morgan fingerprint density at radius 1 is 1.08 bits per heavy atom. The molecule has 1 saturated heterocycles. The summed E-state index contributed by atoms with van der Waals surface area (Å²) < 4.78 is 0. The van der Waals surface area contributed by atoms with Crippen molar-refractivity contribution in [1.29, 1.82) is 0 Å². The summed E-state index contributed by atoms with van der Waals surface area (Å²) in [5.41, 5.74) is 2.53. The molecule has 6 nitrogen and oxygen atoms in total. The van der Waals surface area contributed by atoms with Gasteiger partial charge in [-0.2, -0.15) is 0 Å². The summed E-state index contributed by atoms with van der Waals surface area (Å²) >= 11 is 0. The van der Waals surface area contributed by atoms with E-state index in [4.69, 9.17) is 0 Å². The predicted molar refractivity (Wildman–Crippen MR) is 150 cm³/mol. The van der Waals surface area contributed by atoms with E-state index in [1.807, 2.05) is 0 Å². The van der Waals surface area contributed by atoms with E-state index < -0.39 is 12.1 Å². The van der Waals surface area contributed by atoms with Crippen LogP contribution in [0.15, 0.2) is 24.3 Å². The van der Waals surface area contributed by atoms with Crippen molar-refractivity contribution < 1.29 is 14.7 Å². The zero-order chi connectivity index (χ0) is 27.0. The van der Waals surface area contributed by atoms with Crippen LogP contribution >= 0.6 is 0 Å². The third-order valence-corrected chi connectivity index (χ3v) is 8.65. The standard InChI is InChI=1S/C31H51N3O3/c1-22(2)25-14-12-15-26(20-25)31(17-18-31)32-21-28(35)27-19-23(3)13-10-8-6-7-9-11-16-29(36)34(5)24(4)30(37)33-27/h12,14-15,20,22-24,27-28,32,35H,6-11,13,16-19,21H2,1-5H3,(H,33,37)/t23-,24-,27+,28-/m1/s1. The lowest BCUT2D eigenvalue weighted by atomic mass is 9.92. The molecule has 2 fully saturated rings. The smallest absolute Gasteiger partial charge is 0.242 e. The third-order valence-electron chi connectivity index (χ3n) is 8.65. The maximum Gasteiger partial charge on any atom is 0.242 e. The van der Waals surface area contributed by atoms with Gasteiger partial charge in [-0.25, -0.2) is 0 Å². The van der Waals surface area contributed by atoms with Crippen molar-refractivity contribution in [1.82, 2.24) is 15.5 Å². The number of hydrogen-bond donors (Lipinski definition) is 3. The van der Waals surface area contributed by atoms with Gasteiger partial charge in [0.1, 0.15) is 6.04 Å². The fourth-order valence-electron chi connectivity index (χ4n) is 5.54. The minimum absolute atomic E-state index is 0.0150. The van der Waals surface area contributed by atoms with E-state index in [0.717, 1.165) is 44.9 Å².